The highest BCUT2D eigenvalue weighted by Gasteiger charge is 2.24. The predicted molar refractivity (Wildman–Crippen MR) is 84.7 cm³/mol. The maximum atomic E-state index is 11.0. The first-order valence-electron chi connectivity index (χ1n) is 6.90. The van der Waals surface area contributed by atoms with Crippen molar-refractivity contribution in [3.63, 3.8) is 0 Å². The quantitative estimate of drug-likeness (QED) is 0.661. The molecule has 0 spiro atoms. The lowest BCUT2D eigenvalue weighted by molar-refractivity contribution is -0.384. The molecule has 1 atom stereocenters. The van der Waals surface area contributed by atoms with Crippen molar-refractivity contribution < 1.29 is 4.92 Å². The fraction of sp³-hybridized carbons (Fsp3) is 0.333. The normalized spacial score (nSPS) is 17.6. The van der Waals surface area contributed by atoms with E-state index in [1.165, 1.54) is 11.8 Å². The summed E-state index contributed by atoms with van der Waals surface area (Å²) >= 11 is 3.50. The molecule has 2 aromatic rings. The number of fused-ring (bicyclic) bond motifs is 1. The minimum atomic E-state index is -0.368. The third-order valence-electron chi connectivity index (χ3n) is 4.03. The highest BCUT2D eigenvalue weighted by molar-refractivity contribution is 9.10. The van der Waals surface area contributed by atoms with Crippen LogP contribution in [0.5, 0.6) is 0 Å². The molecule has 5 nitrogen and oxygen atoms in total. The fourth-order valence-electron chi connectivity index (χ4n) is 3.06. The zero-order chi connectivity index (χ0) is 15.1. The molecule has 1 aliphatic rings. The number of hydrogen-bond donors (Lipinski definition) is 1. The number of nitrogens with two attached hydrogens (primary N) is 1. The predicted octanol–water partition coefficient (Wildman–Crippen LogP) is 3.79. The monoisotopic (exact) mass is 349 g/mol. The Balaban J connectivity index is 2.21. The summed E-state index contributed by atoms with van der Waals surface area (Å²) < 4.78 is 2.93. The largest absolute Gasteiger partial charge is 0.324 e. The molecule has 1 aliphatic carbocycles. The van der Waals surface area contributed by atoms with Gasteiger partial charge in [-0.05, 0) is 59.8 Å². The minimum absolute atomic E-state index is 0.0613. The summed E-state index contributed by atoms with van der Waals surface area (Å²) in [5, 5.41) is 11.0. The van der Waals surface area contributed by atoms with Gasteiger partial charge in [0.2, 0.25) is 0 Å². The molecule has 0 amide bonds. The fourth-order valence-corrected chi connectivity index (χ4v) is 3.48. The van der Waals surface area contributed by atoms with Crippen LogP contribution in [0.4, 0.5) is 5.69 Å². The number of benzene rings is 1. The van der Waals surface area contributed by atoms with Crippen LogP contribution >= 0.6 is 15.9 Å². The van der Waals surface area contributed by atoms with Crippen LogP contribution in [0.15, 0.2) is 28.7 Å². The van der Waals surface area contributed by atoms with Crippen LogP contribution in [0.25, 0.3) is 5.69 Å². The van der Waals surface area contributed by atoms with Gasteiger partial charge >= 0.3 is 0 Å². The Morgan fingerprint density at radius 2 is 2.19 bits per heavy atom. The summed E-state index contributed by atoms with van der Waals surface area (Å²) in [6.45, 7) is 2.01. The maximum absolute atomic E-state index is 11.0. The second kappa shape index (κ2) is 5.27. The van der Waals surface area contributed by atoms with Gasteiger partial charge in [0, 0.05) is 34.0 Å². The Kier molecular flexibility index (Phi) is 3.59. The Labute approximate surface area is 131 Å². The number of nitrogens with zero attached hydrogens (tertiary/aromatic N) is 2. The lowest BCUT2D eigenvalue weighted by atomic mass is 9.93. The third kappa shape index (κ3) is 2.38. The third-order valence-corrected chi connectivity index (χ3v) is 4.70. The molecule has 1 heterocycles. The molecule has 0 fully saturated rings. The van der Waals surface area contributed by atoms with Gasteiger partial charge in [-0.2, -0.15) is 0 Å². The van der Waals surface area contributed by atoms with E-state index < -0.39 is 0 Å². The van der Waals surface area contributed by atoms with E-state index >= 15 is 0 Å². The van der Waals surface area contributed by atoms with Crippen molar-refractivity contribution in [1.82, 2.24) is 4.57 Å². The summed E-state index contributed by atoms with van der Waals surface area (Å²) in [5.41, 5.74) is 10.5. The number of rotatable bonds is 2. The first kappa shape index (κ1) is 14.3. The van der Waals surface area contributed by atoms with E-state index in [2.05, 4.69) is 26.6 Å². The van der Waals surface area contributed by atoms with Crippen molar-refractivity contribution in [2.75, 3.05) is 0 Å². The Morgan fingerprint density at radius 3 is 2.90 bits per heavy atom. The SMILES string of the molecule is Cc1cc2c(n1-c1cc([N+](=O)[O-])ccc1Br)CCCC2N. The molecular formula is C15H16BrN3O2. The number of hydrogen-bond acceptors (Lipinski definition) is 3. The average molecular weight is 350 g/mol. The van der Waals surface area contributed by atoms with Gasteiger partial charge < -0.3 is 10.3 Å². The standard InChI is InChI=1S/C15H16BrN3O2/c1-9-7-11-13(17)3-2-4-14(11)18(9)15-8-10(19(20)21)5-6-12(15)16/h5-8,13H,2-4,17H2,1H3. The van der Waals surface area contributed by atoms with Crippen molar-refractivity contribution >= 4 is 21.6 Å². The number of nitro groups is 1. The summed E-state index contributed by atoms with van der Waals surface area (Å²) in [6.07, 6.45) is 2.99. The van der Waals surface area contributed by atoms with Crippen molar-refractivity contribution in [3.8, 4) is 5.69 Å². The molecule has 0 saturated carbocycles. The molecule has 110 valence electrons. The molecule has 0 bridgehead atoms. The summed E-state index contributed by atoms with van der Waals surface area (Å²) in [5.74, 6) is 0. The molecule has 1 aromatic heterocycles. The number of aryl methyl sites for hydroxylation is 1. The van der Waals surface area contributed by atoms with Crippen molar-refractivity contribution in [1.29, 1.82) is 0 Å². The van der Waals surface area contributed by atoms with E-state index in [1.807, 2.05) is 6.92 Å². The topological polar surface area (TPSA) is 74.1 Å². The van der Waals surface area contributed by atoms with E-state index in [1.54, 1.807) is 12.1 Å². The van der Waals surface area contributed by atoms with Crippen molar-refractivity contribution in [2.24, 2.45) is 5.73 Å². The molecule has 6 heteroatoms. The maximum Gasteiger partial charge on any atom is 0.271 e. The van der Waals surface area contributed by atoms with Gasteiger partial charge in [0.25, 0.3) is 5.69 Å². The molecule has 3 rings (SSSR count). The number of aromatic nitrogens is 1. The molecule has 0 saturated heterocycles. The highest BCUT2D eigenvalue weighted by Crippen LogP contribution is 2.35. The zero-order valence-corrected chi connectivity index (χ0v) is 13.3. The van der Waals surface area contributed by atoms with E-state index in [9.17, 15) is 10.1 Å². The highest BCUT2D eigenvalue weighted by atomic mass is 79.9. The van der Waals surface area contributed by atoms with Gasteiger partial charge in [-0.15, -0.1) is 0 Å². The summed E-state index contributed by atoms with van der Waals surface area (Å²) in [6, 6.07) is 7.00. The molecular weight excluding hydrogens is 334 g/mol. The average Bonchev–Trinajstić information content (AvgIpc) is 2.77. The van der Waals surface area contributed by atoms with Crippen LogP contribution in [0.2, 0.25) is 0 Å². The Hall–Kier alpha value is -1.66. The zero-order valence-electron chi connectivity index (χ0n) is 11.7. The smallest absolute Gasteiger partial charge is 0.271 e. The second-order valence-electron chi connectivity index (χ2n) is 5.41. The lowest BCUT2D eigenvalue weighted by Gasteiger charge is -2.21. The first-order valence-corrected chi connectivity index (χ1v) is 7.69. The minimum Gasteiger partial charge on any atom is -0.324 e. The van der Waals surface area contributed by atoms with Crippen LogP contribution in [0.3, 0.4) is 0 Å². The van der Waals surface area contributed by atoms with Crippen LogP contribution in [0.1, 0.15) is 35.8 Å². The van der Waals surface area contributed by atoms with E-state index in [0.29, 0.717) is 0 Å². The number of halogens is 1. The van der Waals surface area contributed by atoms with Gasteiger partial charge in [0.15, 0.2) is 0 Å². The van der Waals surface area contributed by atoms with Crippen LogP contribution in [0, 0.1) is 17.0 Å². The second-order valence-corrected chi connectivity index (χ2v) is 6.27. The molecule has 1 aromatic carbocycles. The molecule has 0 radical (unpaired) electrons. The molecule has 2 N–H and O–H groups in total. The van der Waals surface area contributed by atoms with E-state index in [4.69, 9.17) is 5.73 Å². The molecule has 21 heavy (non-hydrogen) atoms. The van der Waals surface area contributed by atoms with Gasteiger partial charge in [-0.1, -0.05) is 0 Å². The molecule has 0 aliphatic heterocycles. The van der Waals surface area contributed by atoms with Crippen LogP contribution in [-0.4, -0.2) is 9.49 Å². The summed E-state index contributed by atoms with van der Waals surface area (Å²) in [7, 11) is 0. The van der Waals surface area contributed by atoms with Gasteiger partial charge in [0.1, 0.15) is 0 Å². The van der Waals surface area contributed by atoms with Crippen LogP contribution < -0.4 is 5.73 Å². The van der Waals surface area contributed by atoms with Crippen molar-refractivity contribution in [3.05, 3.63) is 55.8 Å². The van der Waals surface area contributed by atoms with Crippen LogP contribution in [-0.2, 0) is 6.42 Å². The first-order chi connectivity index (χ1) is 9.99. The van der Waals surface area contributed by atoms with E-state index in [0.717, 1.165) is 40.7 Å². The van der Waals surface area contributed by atoms with Crippen molar-refractivity contribution in [2.45, 2.75) is 32.2 Å². The summed E-state index contributed by atoms with van der Waals surface area (Å²) in [4.78, 5) is 10.7. The lowest BCUT2D eigenvalue weighted by Crippen LogP contribution is -2.18. The van der Waals surface area contributed by atoms with Gasteiger partial charge in [-0.25, -0.2) is 0 Å². The number of nitro benzene ring substituents is 1. The molecule has 1 unspecified atom stereocenters. The van der Waals surface area contributed by atoms with E-state index in [-0.39, 0.29) is 16.7 Å². The Bertz CT molecular complexity index is 724. The van der Waals surface area contributed by atoms with Gasteiger partial charge in [0.05, 0.1) is 10.6 Å². The Morgan fingerprint density at radius 1 is 1.43 bits per heavy atom. The van der Waals surface area contributed by atoms with Gasteiger partial charge in [-0.3, -0.25) is 10.1 Å². The number of non-ortho nitro benzene ring substituents is 1.